The van der Waals surface area contributed by atoms with Crippen molar-refractivity contribution in [3.05, 3.63) is 70.9 Å². The summed E-state index contributed by atoms with van der Waals surface area (Å²) in [6, 6.07) is 14.4. The standard InChI is InChI=1S/C26H29FN4O3S/c1-5-16-31(6-2)23(33)21-20(17-10-8-7-9-11-17)28-25(35-21)29-24(34)26(3,4)30-22(32)18-12-14-19(27)15-13-18/h7-15H,5-6,16H2,1-4H3,(H,30,32)(H,28,29,34). The molecule has 35 heavy (non-hydrogen) atoms. The molecule has 9 heteroatoms. The molecule has 0 saturated heterocycles. The largest absolute Gasteiger partial charge is 0.338 e. The molecule has 0 fully saturated rings. The molecule has 1 aromatic heterocycles. The molecule has 0 atom stereocenters. The van der Waals surface area contributed by atoms with Crippen molar-refractivity contribution in [2.24, 2.45) is 0 Å². The quantitative estimate of drug-likeness (QED) is 0.438. The fraction of sp³-hybridized carbons (Fsp3) is 0.308. The molecule has 0 spiro atoms. The third kappa shape index (κ3) is 6.30. The van der Waals surface area contributed by atoms with E-state index in [2.05, 4.69) is 15.6 Å². The summed E-state index contributed by atoms with van der Waals surface area (Å²) in [6.45, 7) is 8.22. The van der Waals surface area contributed by atoms with Gasteiger partial charge < -0.3 is 10.2 Å². The Labute approximate surface area is 208 Å². The molecule has 3 amide bonds. The van der Waals surface area contributed by atoms with E-state index >= 15 is 0 Å². The average molecular weight is 497 g/mol. The Morgan fingerprint density at radius 3 is 2.29 bits per heavy atom. The van der Waals surface area contributed by atoms with Gasteiger partial charge in [-0.1, -0.05) is 48.6 Å². The van der Waals surface area contributed by atoms with Gasteiger partial charge in [-0.05, 0) is 51.5 Å². The predicted octanol–water partition coefficient (Wildman–Crippen LogP) is 4.97. The lowest BCUT2D eigenvalue weighted by molar-refractivity contribution is -0.120. The molecule has 0 aliphatic rings. The van der Waals surface area contributed by atoms with E-state index in [1.54, 1.807) is 18.7 Å². The van der Waals surface area contributed by atoms with Crippen molar-refractivity contribution in [2.45, 2.75) is 39.7 Å². The molecule has 3 rings (SSSR count). The highest BCUT2D eigenvalue weighted by atomic mass is 32.1. The van der Waals surface area contributed by atoms with E-state index < -0.39 is 23.2 Å². The van der Waals surface area contributed by atoms with Gasteiger partial charge in [-0.3, -0.25) is 19.7 Å². The van der Waals surface area contributed by atoms with Crippen molar-refractivity contribution in [2.75, 3.05) is 18.4 Å². The first-order valence-corrected chi connectivity index (χ1v) is 12.2. The SMILES string of the molecule is CCCN(CC)C(=O)c1sc(NC(=O)C(C)(C)NC(=O)c2ccc(F)cc2)nc1-c1ccccc1. The van der Waals surface area contributed by atoms with Crippen LogP contribution in [-0.4, -0.2) is 46.2 Å². The highest BCUT2D eigenvalue weighted by Crippen LogP contribution is 2.32. The molecule has 2 aromatic carbocycles. The van der Waals surface area contributed by atoms with Gasteiger partial charge in [0.05, 0.1) is 5.69 Å². The summed E-state index contributed by atoms with van der Waals surface area (Å²) in [7, 11) is 0. The third-order valence-electron chi connectivity index (χ3n) is 5.35. The lowest BCUT2D eigenvalue weighted by Crippen LogP contribution is -2.52. The number of halogens is 1. The number of amides is 3. The van der Waals surface area contributed by atoms with Crippen molar-refractivity contribution in [1.29, 1.82) is 0 Å². The van der Waals surface area contributed by atoms with Crippen LogP contribution in [0.1, 0.15) is 54.1 Å². The molecule has 0 bridgehead atoms. The van der Waals surface area contributed by atoms with Gasteiger partial charge in [0.2, 0.25) is 0 Å². The summed E-state index contributed by atoms with van der Waals surface area (Å²) in [4.78, 5) is 45.6. The molecule has 3 aromatic rings. The van der Waals surface area contributed by atoms with Crippen LogP contribution in [0.4, 0.5) is 9.52 Å². The van der Waals surface area contributed by atoms with E-state index in [1.807, 2.05) is 44.2 Å². The van der Waals surface area contributed by atoms with Crippen LogP contribution in [0.15, 0.2) is 54.6 Å². The second-order valence-corrected chi connectivity index (χ2v) is 9.49. The zero-order chi connectivity index (χ0) is 25.6. The van der Waals surface area contributed by atoms with Crippen LogP contribution in [-0.2, 0) is 4.79 Å². The van der Waals surface area contributed by atoms with Crippen LogP contribution in [0.3, 0.4) is 0 Å². The zero-order valence-electron chi connectivity index (χ0n) is 20.2. The van der Waals surface area contributed by atoms with Gasteiger partial charge in [-0.2, -0.15) is 0 Å². The topological polar surface area (TPSA) is 91.4 Å². The molecule has 0 unspecified atom stereocenters. The van der Waals surface area contributed by atoms with E-state index in [0.717, 1.165) is 23.3 Å². The Hall–Kier alpha value is -3.59. The second kappa shape index (κ2) is 11.2. The Kier molecular flexibility index (Phi) is 8.34. The average Bonchev–Trinajstić information content (AvgIpc) is 3.26. The lowest BCUT2D eigenvalue weighted by Gasteiger charge is -2.24. The monoisotopic (exact) mass is 496 g/mol. The number of carbonyl (C=O) groups excluding carboxylic acids is 3. The van der Waals surface area contributed by atoms with Gasteiger partial charge >= 0.3 is 0 Å². The maximum Gasteiger partial charge on any atom is 0.266 e. The summed E-state index contributed by atoms with van der Waals surface area (Å²) in [6.07, 6.45) is 0.824. The molecular formula is C26H29FN4O3S. The molecule has 2 N–H and O–H groups in total. The highest BCUT2D eigenvalue weighted by molar-refractivity contribution is 7.18. The number of carbonyl (C=O) groups is 3. The van der Waals surface area contributed by atoms with Crippen LogP contribution in [0.25, 0.3) is 11.3 Å². The van der Waals surface area contributed by atoms with Gasteiger partial charge in [0, 0.05) is 24.2 Å². The van der Waals surface area contributed by atoms with Gasteiger partial charge in [0.1, 0.15) is 16.2 Å². The Balaban J connectivity index is 1.85. The van der Waals surface area contributed by atoms with Gasteiger partial charge in [-0.25, -0.2) is 9.37 Å². The fourth-order valence-electron chi connectivity index (χ4n) is 3.39. The van der Waals surface area contributed by atoms with Gasteiger partial charge in [0.15, 0.2) is 5.13 Å². The minimum atomic E-state index is -1.30. The Morgan fingerprint density at radius 1 is 1.03 bits per heavy atom. The second-order valence-electron chi connectivity index (χ2n) is 8.49. The first kappa shape index (κ1) is 26.0. The molecule has 0 aliphatic heterocycles. The van der Waals surface area contributed by atoms with E-state index in [4.69, 9.17) is 0 Å². The molecule has 0 aliphatic carbocycles. The molecular weight excluding hydrogens is 467 g/mol. The normalized spacial score (nSPS) is 11.1. The summed E-state index contributed by atoms with van der Waals surface area (Å²) < 4.78 is 13.2. The minimum Gasteiger partial charge on any atom is -0.338 e. The number of rotatable bonds is 9. The Bertz CT molecular complexity index is 1190. The number of hydrogen-bond acceptors (Lipinski definition) is 5. The first-order valence-electron chi connectivity index (χ1n) is 11.4. The third-order valence-corrected chi connectivity index (χ3v) is 6.31. The van der Waals surface area contributed by atoms with Crippen LogP contribution in [0.2, 0.25) is 0 Å². The van der Waals surface area contributed by atoms with Crippen molar-refractivity contribution in [3.8, 4) is 11.3 Å². The number of aromatic nitrogens is 1. The number of benzene rings is 2. The lowest BCUT2D eigenvalue weighted by atomic mass is 10.0. The molecule has 0 saturated carbocycles. The van der Waals surface area contributed by atoms with Crippen molar-refractivity contribution < 1.29 is 18.8 Å². The fourth-order valence-corrected chi connectivity index (χ4v) is 4.35. The van der Waals surface area contributed by atoms with Crippen molar-refractivity contribution in [1.82, 2.24) is 15.2 Å². The maximum absolute atomic E-state index is 13.3. The smallest absolute Gasteiger partial charge is 0.266 e. The Morgan fingerprint density at radius 2 is 1.69 bits per heavy atom. The minimum absolute atomic E-state index is 0.143. The summed E-state index contributed by atoms with van der Waals surface area (Å²) in [5, 5.41) is 5.66. The summed E-state index contributed by atoms with van der Waals surface area (Å²) in [5.74, 6) is -1.61. The summed E-state index contributed by atoms with van der Waals surface area (Å²) >= 11 is 1.10. The maximum atomic E-state index is 13.3. The number of anilines is 1. The van der Waals surface area contributed by atoms with Crippen LogP contribution >= 0.6 is 11.3 Å². The predicted molar refractivity (Wildman–Crippen MR) is 136 cm³/mol. The number of hydrogen-bond donors (Lipinski definition) is 2. The molecule has 1 heterocycles. The zero-order valence-corrected chi connectivity index (χ0v) is 21.0. The van der Waals surface area contributed by atoms with E-state index in [9.17, 15) is 18.8 Å². The molecule has 7 nitrogen and oxygen atoms in total. The highest BCUT2D eigenvalue weighted by Gasteiger charge is 2.32. The first-order chi connectivity index (χ1) is 16.7. The van der Waals surface area contributed by atoms with Gasteiger partial charge in [-0.15, -0.1) is 0 Å². The molecule has 184 valence electrons. The van der Waals surface area contributed by atoms with Crippen molar-refractivity contribution >= 4 is 34.2 Å². The molecule has 0 radical (unpaired) electrons. The summed E-state index contributed by atoms with van der Waals surface area (Å²) in [5.41, 5.74) is 0.199. The van der Waals surface area contributed by atoms with Crippen LogP contribution in [0, 0.1) is 5.82 Å². The number of nitrogens with zero attached hydrogens (tertiary/aromatic N) is 2. The van der Waals surface area contributed by atoms with E-state index in [-0.39, 0.29) is 16.6 Å². The van der Waals surface area contributed by atoms with Crippen molar-refractivity contribution in [3.63, 3.8) is 0 Å². The van der Waals surface area contributed by atoms with E-state index in [0.29, 0.717) is 23.7 Å². The van der Waals surface area contributed by atoms with Gasteiger partial charge in [0.25, 0.3) is 17.7 Å². The van der Waals surface area contributed by atoms with Crippen LogP contribution < -0.4 is 10.6 Å². The number of nitrogens with one attached hydrogen (secondary N) is 2. The van der Waals surface area contributed by atoms with E-state index in [1.165, 1.54) is 24.3 Å². The number of thiazole rings is 1. The van der Waals surface area contributed by atoms with Crippen LogP contribution in [0.5, 0.6) is 0 Å².